The Kier molecular flexibility index (Phi) is 3.50. The molecule has 3 heteroatoms. The van der Waals surface area contributed by atoms with Gasteiger partial charge in [0.05, 0.1) is 0 Å². The van der Waals surface area contributed by atoms with Crippen LogP contribution in [-0.4, -0.2) is 13.1 Å². The largest absolute Gasteiger partial charge is 0.371 e. The molecule has 1 aromatic rings. The zero-order valence-electron chi connectivity index (χ0n) is 10.8. The summed E-state index contributed by atoms with van der Waals surface area (Å²) in [6.45, 7) is 8.96. The first-order chi connectivity index (χ1) is 7.89. The van der Waals surface area contributed by atoms with Crippen molar-refractivity contribution in [1.29, 1.82) is 0 Å². The molecule has 0 aromatic heterocycles. The van der Waals surface area contributed by atoms with Gasteiger partial charge in [-0.1, -0.05) is 35.8 Å². The van der Waals surface area contributed by atoms with Crippen LogP contribution in [0, 0.1) is 5.41 Å². The van der Waals surface area contributed by atoms with Gasteiger partial charge in [-0.3, -0.25) is 0 Å². The fraction of sp³-hybridized carbons (Fsp3) is 0.571. The zero-order valence-corrected chi connectivity index (χ0v) is 12.4. The average Bonchev–Trinajstić information content (AvgIpc) is 2.58. The Hall–Kier alpha value is -0.540. The Morgan fingerprint density at radius 3 is 2.59 bits per heavy atom. The van der Waals surface area contributed by atoms with Crippen LogP contribution in [-0.2, 0) is 0 Å². The predicted octanol–water partition coefficient (Wildman–Crippen LogP) is 3.71. The molecule has 94 valence electrons. The highest BCUT2D eigenvalue weighted by molar-refractivity contribution is 9.10. The van der Waals surface area contributed by atoms with E-state index in [0.717, 1.165) is 17.6 Å². The van der Waals surface area contributed by atoms with E-state index in [4.69, 9.17) is 5.73 Å². The number of halogens is 1. The summed E-state index contributed by atoms with van der Waals surface area (Å²) in [6, 6.07) is 6.59. The topological polar surface area (TPSA) is 29.3 Å². The molecule has 1 heterocycles. The fourth-order valence-corrected chi connectivity index (χ4v) is 3.14. The maximum Gasteiger partial charge on any atom is 0.0377 e. The summed E-state index contributed by atoms with van der Waals surface area (Å²) in [7, 11) is 0. The van der Waals surface area contributed by atoms with Crippen LogP contribution in [0.15, 0.2) is 22.7 Å². The number of anilines is 1. The maximum atomic E-state index is 5.92. The van der Waals surface area contributed by atoms with Gasteiger partial charge in [0, 0.05) is 29.3 Å². The fourth-order valence-electron chi connectivity index (χ4n) is 2.41. The summed E-state index contributed by atoms with van der Waals surface area (Å²) in [5.74, 6) is 0. The van der Waals surface area contributed by atoms with Crippen molar-refractivity contribution in [3.05, 3.63) is 28.2 Å². The minimum Gasteiger partial charge on any atom is -0.371 e. The van der Waals surface area contributed by atoms with Gasteiger partial charge in [-0.15, -0.1) is 0 Å². The van der Waals surface area contributed by atoms with Gasteiger partial charge >= 0.3 is 0 Å². The molecule has 1 saturated heterocycles. The Morgan fingerprint density at radius 2 is 2.12 bits per heavy atom. The van der Waals surface area contributed by atoms with Crippen LogP contribution in [0.25, 0.3) is 0 Å². The van der Waals surface area contributed by atoms with Crippen LogP contribution in [0.1, 0.15) is 38.8 Å². The van der Waals surface area contributed by atoms with Crippen LogP contribution in [0.5, 0.6) is 0 Å². The van der Waals surface area contributed by atoms with Gasteiger partial charge in [-0.05, 0) is 36.5 Å². The molecular weight excluding hydrogens is 276 g/mol. The van der Waals surface area contributed by atoms with Crippen molar-refractivity contribution in [3.63, 3.8) is 0 Å². The van der Waals surface area contributed by atoms with Crippen LogP contribution in [0.3, 0.4) is 0 Å². The van der Waals surface area contributed by atoms with Crippen molar-refractivity contribution in [2.24, 2.45) is 11.1 Å². The van der Waals surface area contributed by atoms with Crippen LogP contribution >= 0.6 is 15.9 Å². The zero-order chi connectivity index (χ0) is 12.6. The predicted molar refractivity (Wildman–Crippen MR) is 77.4 cm³/mol. The van der Waals surface area contributed by atoms with E-state index in [1.807, 2.05) is 6.92 Å². The van der Waals surface area contributed by atoms with Gasteiger partial charge in [0.25, 0.3) is 0 Å². The number of nitrogens with zero attached hydrogens (tertiary/aromatic N) is 1. The van der Waals surface area contributed by atoms with Crippen LogP contribution < -0.4 is 10.6 Å². The van der Waals surface area contributed by atoms with Gasteiger partial charge in [0.1, 0.15) is 0 Å². The molecule has 1 aliphatic rings. The SMILES string of the molecule is C[C@@H](N)c1ccc(N2CCC(C)(C)C2)cc1Br. The van der Waals surface area contributed by atoms with Gasteiger partial charge in [-0.25, -0.2) is 0 Å². The Morgan fingerprint density at radius 1 is 1.41 bits per heavy atom. The smallest absolute Gasteiger partial charge is 0.0377 e. The minimum atomic E-state index is 0.0773. The van der Waals surface area contributed by atoms with Crippen molar-refractivity contribution in [2.75, 3.05) is 18.0 Å². The third kappa shape index (κ3) is 2.83. The summed E-state index contributed by atoms with van der Waals surface area (Å²) in [5, 5.41) is 0. The third-order valence-electron chi connectivity index (χ3n) is 3.52. The summed E-state index contributed by atoms with van der Waals surface area (Å²) in [4.78, 5) is 2.45. The molecule has 2 N–H and O–H groups in total. The van der Waals surface area contributed by atoms with Crippen molar-refractivity contribution in [1.82, 2.24) is 0 Å². The van der Waals surface area contributed by atoms with E-state index in [-0.39, 0.29) is 6.04 Å². The van der Waals surface area contributed by atoms with E-state index in [1.165, 1.54) is 17.7 Å². The molecule has 0 radical (unpaired) electrons. The third-order valence-corrected chi connectivity index (χ3v) is 4.20. The molecule has 0 spiro atoms. The second-order valence-corrected chi connectivity index (χ2v) is 6.68. The number of hydrogen-bond donors (Lipinski definition) is 1. The van der Waals surface area contributed by atoms with Gasteiger partial charge in [0.15, 0.2) is 0 Å². The lowest BCUT2D eigenvalue weighted by Crippen LogP contribution is -2.22. The Bertz CT molecular complexity index is 413. The summed E-state index contributed by atoms with van der Waals surface area (Å²) < 4.78 is 1.12. The molecule has 0 amide bonds. The molecule has 1 aliphatic heterocycles. The minimum absolute atomic E-state index is 0.0773. The standard InChI is InChI=1S/C14H21BrN2/c1-10(16)12-5-4-11(8-13(12)15)17-7-6-14(2,3)9-17/h4-5,8,10H,6-7,9,16H2,1-3H3/t10-/m1/s1. The second kappa shape index (κ2) is 4.62. The molecular formula is C14H21BrN2. The average molecular weight is 297 g/mol. The normalized spacial score (nSPS) is 20.6. The van der Waals surface area contributed by atoms with Crippen molar-refractivity contribution in [3.8, 4) is 0 Å². The Labute approximate surface area is 112 Å². The maximum absolute atomic E-state index is 5.92. The number of benzene rings is 1. The van der Waals surface area contributed by atoms with E-state index in [9.17, 15) is 0 Å². The molecule has 0 unspecified atom stereocenters. The monoisotopic (exact) mass is 296 g/mol. The Balaban J connectivity index is 2.21. The van der Waals surface area contributed by atoms with E-state index in [0.29, 0.717) is 5.41 Å². The highest BCUT2D eigenvalue weighted by Crippen LogP contribution is 2.34. The first-order valence-corrected chi connectivity index (χ1v) is 6.98. The highest BCUT2D eigenvalue weighted by atomic mass is 79.9. The highest BCUT2D eigenvalue weighted by Gasteiger charge is 2.29. The quantitative estimate of drug-likeness (QED) is 0.901. The first-order valence-electron chi connectivity index (χ1n) is 6.19. The number of hydrogen-bond acceptors (Lipinski definition) is 2. The van der Waals surface area contributed by atoms with Crippen molar-refractivity contribution in [2.45, 2.75) is 33.2 Å². The summed E-state index contributed by atoms with van der Waals surface area (Å²) >= 11 is 3.62. The number of nitrogens with two attached hydrogens (primary N) is 1. The van der Waals surface area contributed by atoms with Crippen LogP contribution in [0.4, 0.5) is 5.69 Å². The molecule has 0 aliphatic carbocycles. The van der Waals surface area contributed by atoms with Gasteiger partial charge < -0.3 is 10.6 Å². The number of rotatable bonds is 2. The molecule has 0 bridgehead atoms. The lowest BCUT2D eigenvalue weighted by atomic mass is 9.93. The van der Waals surface area contributed by atoms with Gasteiger partial charge in [0.2, 0.25) is 0 Å². The van der Waals surface area contributed by atoms with Crippen molar-refractivity contribution < 1.29 is 0 Å². The van der Waals surface area contributed by atoms with E-state index < -0.39 is 0 Å². The molecule has 2 rings (SSSR count). The molecule has 1 fully saturated rings. The first kappa shape index (κ1) is 12.9. The molecule has 2 nitrogen and oxygen atoms in total. The second-order valence-electron chi connectivity index (χ2n) is 5.83. The van der Waals surface area contributed by atoms with Gasteiger partial charge in [-0.2, -0.15) is 0 Å². The van der Waals surface area contributed by atoms with Crippen LogP contribution in [0.2, 0.25) is 0 Å². The lowest BCUT2D eigenvalue weighted by Gasteiger charge is -2.22. The van der Waals surface area contributed by atoms with Crippen molar-refractivity contribution >= 4 is 21.6 Å². The summed E-state index contributed by atoms with van der Waals surface area (Å²) in [5.41, 5.74) is 8.83. The van der Waals surface area contributed by atoms with E-state index >= 15 is 0 Å². The molecule has 0 saturated carbocycles. The summed E-state index contributed by atoms with van der Waals surface area (Å²) in [6.07, 6.45) is 1.26. The molecule has 17 heavy (non-hydrogen) atoms. The molecule has 1 atom stereocenters. The van der Waals surface area contributed by atoms with E-state index in [1.54, 1.807) is 0 Å². The lowest BCUT2D eigenvalue weighted by molar-refractivity contribution is 0.418. The van der Waals surface area contributed by atoms with E-state index in [2.05, 4.69) is 52.9 Å². The molecule has 1 aromatic carbocycles.